The lowest BCUT2D eigenvalue weighted by molar-refractivity contribution is 0.0950. The van der Waals surface area contributed by atoms with Crippen LogP contribution >= 0.6 is 11.6 Å². The van der Waals surface area contributed by atoms with Gasteiger partial charge in [0.05, 0.1) is 5.52 Å². The van der Waals surface area contributed by atoms with Crippen LogP contribution < -0.4 is 10.6 Å². The maximum Gasteiger partial charge on any atom is 0.256 e. The summed E-state index contributed by atoms with van der Waals surface area (Å²) in [5, 5.41) is 14.0. The van der Waals surface area contributed by atoms with Gasteiger partial charge in [-0.25, -0.2) is 0 Å². The number of amides is 2. The standard InChI is InChI=1S/C22H17ClN4O2/c23-17-9-6-14(7-10-17)13-24-21(28)16-8-11-19-18(12-16)20(27-26-19)25-22(29)15-4-2-1-3-5-15/h1-12H,13H2,(H,24,28)(H2,25,26,27,29). The van der Waals surface area contributed by atoms with Gasteiger partial charge in [-0.2, -0.15) is 5.10 Å². The molecule has 144 valence electrons. The van der Waals surface area contributed by atoms with Crippen molar-refractivity contribution in [3.05, 3.63) is 94.5 Å². The molecule has 0 spiro atoms. The molecular formula is C22H17ClN4O2. The molecule has 0 aliphatic rings. The average molecular weight is 405 g/mol. The molecule has 0 radical (unpaired) electrons. The van der Waals surface area contributed by atoms with Gasteiger partial charge in [-0.3, -0.25) is 14.7 Å². The second kappa shape index (κ2) is 8.16. The quantitative estimate of drug-likeness (QED) is 0.460. The number of aromatic amines is 1. The van der Waals surface area contributed by atoms with Crippen LogP contribution in [0.2, 0.25) is 5.02 Å². The van der Waals surface area contributed by atoms with Gasteiger partial charge in [-0.05, 0) is 48.0 Å². The lowest BCUT2D eigenvalue weighted by atomic mass is 10.1. The molecule has 2 amide bonds. The van der Waals surface area contributed by atoms with Crippen molar-refractivity contribution in [3.8, 4) is 0 Å². The van der Waals surface area contributed by atoms with Crippen molar-refractivity contribution in [1.82, 2.24) is 15.5 Å². The summed E-state index contributed by atoms with van der Waals surface area (Å²) < 4.78 is 0. The van der Waals surface area contributed by atoms with Crippen LogP contribution in [-0.4, -0.2) is 22.0 Å². The highest BCUT2D eigenvalue weighted by atomic mass is 35.5. The van der Waals surface area contributed by atoms with E-state index in [1.165, 1.54) is 0 Å². The van der Waals surface area contributed by atoms with E-state index in [0.717, 1.165) is 11.1 Å². The van der Waals surface area contributed by atoms with Crippen LogP contribution in [0.15, 0.2) is 72.8 Å². The largest absolute Gasteiger partial charge is 0.348 e. The summed E-state index contributed by atoms with van der Waals surface area (Å²) >= 11 is 5.88. The minimum atomic E-state index is -0.267. The second-order valence-corrected chi connectivity index (χ2v) is 6.90. The zero-order chi connectivity index (χ0) is 20.2. The van der Waals surface area contributed by atoms with Gasteiger partial charge in [0.25, 0.3) is 11.8 Å². The molecule has 7 heteroatoms. The maximum atomic E-state index is 12.6. The van der Waals surface area contributed by atoms with Crippen molar-refractivity contribution in [3.63, 3.8) is 0 Å². The third kappa shape index (κ3) is 4.28. The van der Waals surface area contributed by atoms with Gasteiger partial charge in [-0.1, -0.05) is 41.9 Å². The van der Waals surface area contributed by atoms with Crippen LogP contribution in [0.5, 0.6) is 0 Å². The van der Waals surface area contributed by atoms with Crippen molar-refractivity contribution in [1.29, 1.82) is 0 Å². The number of benzene rings is 3. The fourth-order valence-corrected chi connectivity index (χ4v) is 3.03. The zero-order valence-electron chi connectivity index (χ0n) is 15.3. The normalized spacial score (nSPS) is 10.7. The van der Waals surface area contributed by atoms with Crippen LogP contribution in [0.1, 0.15) is 26.3 Å². The Bertz CT molecular complexity index is 1170. The number of H-pyrrole nitrogens is 1. The number of nitrogens with zero attached hydrogens (tertiary/aromatic N) is 1. The van der Waals surface area contributed by atoms with Crippen molar-refractivity contribution >= 4 is 40.1 Å². The molecular weight excluding hydrogens is 388 g/mol. The summed E-state index contributed by atoms with van der Waals surface area (Å²) in [6, 6.07) is 21.3. The first-order valence-corrected chi connectivity index (χ1v) is 9.35. The van der Waals surface area contributed by atoms with E-state index in [0.29, 0.717) is 33.9 Å². The van der Waals surface area contributed by atoms with E-state index in [2.05, 4.69) is 20.8 Å². The molecule has 0 atom stereocenters. The van der Waals surface area contributed by atoms with E-state index in [4.69, 9.17) is 11.6 Å². The molecule has 4 rings (SSSR count). The Kier molecular flexibility index (Phi) is 5.27. The number of fused-ring (bicyclic) bond motifs is 1. The topological polar surface area (TPSA) is 86.9 Å². The number of carbonyl (C=O) groups excluding carboxylic acids is 2. The Labute approximate surface area is 171 Å². The van der Waals surface area contributed by atoms with E-state index in [9.17, 15) is 9.59 Å². The molecule has 4 aromatic rings. The monoisotopic (exact) mass is 404 g/mol. The fraction of sp³-hybridized carbons (Fsp3) is 0.0455. The molecule has 0 aliphatic heterocycles. The Morgan fingerprint density at radius 3 is 2.41 bits per heavy atom. The number of halogens is 1. The van der Waals surface area contributed by atoms with Crippen molar-refractivity contribution in [2.45, 2.75) is 6.54 Å². The number of aromatic nitrogens is 2. The van der Waals surface area contributed by atoms with Gasteiger partial charge in [0.15, 0.2) is 5.82 Å². The van der Waals surface area contributed by atoms with Crippen LogP contribution in [0.25, 0.3) is 10.9 Å². The first kappa shape index (κ1) is 18.7. The molecule has 0 unspecified atom stereocenters. The highest BCUT2D eigenvalue weighted by Crippen LogP contribution is 2.22. The molecule has 1 aromatic heterocycles. The third-order valence-corrected chi connectivity index (χ3v) is 4.71. The Morgan fingerprint density at radius 1 is 0.897 bits per heavy atom. The minimum absolute atomic E-state index is 0.219. The Morgan fingerprint density at radius 2 is 1.66 bits per heavy atom. The van der Waals surface area contributed by atoms with Crippen LogP contribution in [-0.2, 0) is 6.54 Å². The maximum absolute atomic E-state index is 12.6. The molecule has 3 aromatic carbocycles. The number of rotatable bonds is 5. The van der Waals surface area contributed by atoms with Crippen LogP contribution in [0.3, 0.4) is 0 Å². The Balaban J connectivity index is 1.51. The highest BCUT2D eigenvalue weighted by Gasteiger charge is 2.13. The lowest BCUT2D eigenvalue weighted by Gasteiger charge is -2.06. The summed E-state index contributed by atoms with van der Waals surface area (Å²) in [4.78, 5) is 25.0. The fourth-order valence-electron chi connectivity index (χ4n) is 2.91. The van der Waals surface area contributed by atoms with Crippen molar-refractivity contribution in [2.75, 3.05) is 5.32 Å². The summed E-state index contributed by atoms with van der Waals surface area (Å²) in [6.07, 6.45) is 0. The predicted octanol–water partition coefficient (Wildman–Crippen LogP) is 4.40. The highest BCUT2D eigenvalue weighted by molar-refractivity contribution is 6.30. The van der Waals surface area contributed by atoms with E-state index < -0.39 is 0 Å². The third-order valence-electron chi connectivity index (χ3n) is 4.46. The zero-order valence-corrected chi connectivity index (χ0v) is 16.0. The molecule has 3 N–H and O–H groups in total. The summed E-state index contributed by atoms with van der Waals surface area (Å²) in [5.74, 6) is -0.110. The van der Waals surface area contributed by atoms with Gasteiger partial charge >= 0.3 is 0 Å². The number of carbonyl (C=O) groups is 2. The molecule has 29 heavy (non-hydrogen) atoms. The minimum Gasteiger partial charge on any atom is -0.348 e. The SMILES string of the molecule is O=C(NCc1ccc(Cl)cc1)c1ccc2[nH]nc(NC(=O)c3ccccc3)c2c1. The lowest BCUT2D eigenvalue weighted by Crippen LogP contribution is -2.22. The molecule has 0 bridgehead atoms. The smallest absolute Gasteiger partial charge is 0.256 e. The van der Waals surface area contributed by atoms with Gasteiger partial charge in [0.1, 0.15) is 0 Å². The first-order valence-electron chi connectivity index (χ1n) is 8.97. The number of nitrogens with one attached hydrogen (secondary N) is 3. The van der Waals surface area contributed by atoms with E-state index >= 15 is 0 Å². The van der Waals surface area contributed by atoms with Crippen LogP contribution in [0, 0.1) is 0 Å². The molecule has 0 saturated heterocycles. The van der Waals surface area contributed by atoms with Gasteiger partial charge in [-0.15, -0.1) is 0 Å². The first-order chi connectivity index (χ1) is 14.1. The average Bonchev–Trinajstić information content (AvgIpc) is 3.15. The number of hydrogen-bond acceptors (Lipinski definition) is 3. The van der Waals surface area contributed by atoms with Gasteiger partial charge in [0.2, 0.25) is 0 Å². The molecule has 0 aliphatic carbocycles. The predicted molar refractivity (Wildman–Crippen MR) is 113 cm³/mol. The van der Waals surface area contributed by atoms with E-state index in [-0.39, 0.29) is 11.8 Å². The summed E-state index contributed by atoms with van der Waals surface area (Å²) in [5.41, 5.74) is 2.68. The summed E-state index contributed by atoms with van der Waals surface area (Å²) in [7, 11) is 0. The van der Waals surface area contributed by atoms with Crippen LogP contribution in [0.4, 0.5) is 5.82 Å². The second-order valence-electron chi connectivity index (χ2n) is 6.46. The molecule has 6 nitrogen and oxygen atoms in total. The van der Waals surface area contributed by atoms with E-state index in [1.54, 1.807) is 54.6 Å². The number of hydrogen-bond donors (Lipinski definition) is 3. The van der Waals surface area contributed by atoms with Gasteiger partial charge in [0, 0.05) is 28.1 Å². The van der Waals surface area contributed by atoms with Crippen molar-refractivity contribution in [2.24, 2.45) is 0 Å². The van der Waals surface area contributed by atoms with Gasteiger partial charge < -0.3 is 10.6 Å². The molecule has 0 saturated carbocycles. The molecule has 1 heterocycles. The summed E-state index contributed by atoms with van der Waals surface area (Å²) in [6.45, 7) is 0.386. The number of anilines is 1. The Hall–Kier alpha value is -3.64. The molecule has 0 fully saturated rings. The van der Waals surface area contributed by atoms with Crippen molar-refractivity contribution < 1.29 is 9.59 Å². The van der Waals surface area contributed by atoms with E-state index in [1.807, 2.05) is 18.2 Å².